The van der Waals surface area contributed by atoms with Crippen LogP contribution >= 0.6 is 0 Å². The van der Waals surface area contributed by atoms with Gasteiger partial charge in [-0.25, -0.2) is 0 Å². The van der Waals surface area contributed by atoms with Gasteiger partial charge in [-0.3, -0.25) is 10.1 Å². The maximum absolute atomic E-state index is 11.1. The SMILES string of the molecule is CCCCC(Nc1ccccc1[N+](=O)[O-])c1ccccc1. The predicted molar refractivity (Wildman–Crippen MR) is 85.4 cm³/mol. The van der Waals surface area contributed by atoms with Gasteiger partial charge in [-0.15, -0.1) is 0 Å². The first kappa shape index (κ1) is 15.0. The van der Waals surface area contributed by atoms with Gasteiger partial charge in [-0.1, -0.05) is 62.2 Å². The average Bonchev–Trinajstić information content (AvgIpc) is 2.52. The van der Waals surface area contributed by atoms with Crippen LogP contribution in [-0.2, 0) is 0 Å². The lowest BCUT2D eigenvalue weighted by atomic mass is 10.0. The zero-order valence-electron chi connectivity index (χ0n) is 12.2. The molecule has 21 heavy (non-hydrogen) atoms. The Labute approximate surface area is 125 Å². The summed E-state index contributed by atoms with van der Waals surface area (Å²) in [7, 11) is 0. The molecular formula is C17H20N2O2. The highest BCUT2D eigenvalue weighted by molar-refractivity contribution is 5.62. The molecule has 0 aromatic heterocycles. The van der Waals surface area contributed by atoms with Crippen LogP contribution in [0.25, 0.3) is 0 Å². The maximum Gasteiger partial charge on any atom is 0.292 e. The van der Waals surface area contributed by atoms with E-state index in [2.05, 4.69) is 24.4 Å². The van der Waals surface area contributed by atoms with Crippen LogP contribution in [0.5, 0.6) is 0 Å². The molecule has 0 saturated carbocycles. The van der Waals surface area contributed by atoms with Gasteiger partial charge < -0.3 is 5.32 Å². The largest absolute Gasteiger partial charge is 0.373 e. The third kappa shape index (κ3) is 4.05. The molecule has 0 saturated heterocycles. The maximum atomic E-state index is 11.1. The van der Waals surface area contributed by atoms with Crippen molar-refractivity contribution in [3.8, 4) is 0 Å². The van der Waals surface area contributed by atoms with E-state index < -0.39 is 0 Å². The fourth-order valence-electron chi connectivity index (χ4n) is 2.36. The summed E-state index contributed by atoms with van der Waals surface area (Å²) in [5.74, 6) is 0. The first-order valence-corrected chi connectivity index (χ1v) is 7.27. The standard InChI is InChI=1S/C17H20N2O2/c1-2-3-11-15(14-9-5-4-6-10-14)18-16-12-7-8-13-17(16)19(20)21/h4-10,12-13,15,18H,2-3,11H2,1H3. The van der Waals surface area contributed by atoms with Crippen LogP contribution in [0.1, 0.15) is 37.8 Å². The van der Waals surface area contributed by atoms with Gasteiger partial charge >= 0.3 is 0 Å². The molecule has 2 rings (SSSR count). The summed E-state index contributed by atoms with van der Waals surface area (Å²) < 4.78 is 0. The molecule has 4 nitrogen and oxygen atoms in total. The van der Waals surface area contributed by atoms with Gasteiger partial charge in [-0.05, 0) is 18.1 Å². The van der Waals surface area contributed by atoms with Crippen LogP contribution in [0, 0.1) is 10.1 Å². The van der Waals surface area contributed by atoms with E-state index in [1.807, 2.05) is 24.3 Å². The molecule has 1 N–H and O–H groups in total. The van der Waals surface area contributed by atoms with Gasteiger partial charge in [0.15, 0.2) is 0 Å². The summed E-state index contributed by atoms with van der Waals surface area (Å²) >= 11 is 0. The van der Waals surface area contributed by atoms with Crippen molar-refractivity contribution >= 4 is 11.4 Å². The molecule has 0 aliphatic heterocycles. The van der Waals surface area contributed by atoms with Gasteiger partial charge in [0.2, 0.25) is 0 Å². The minimum absolute atomic E-state index is 0.0900. The molecule has 0 aliphatic rings. The molecule has 0 bridgehead atoms. The zero-order chi connectivity index (χ0) is 15.1. The summed E-state index contributed by atoms with van der Waals surface area (Å²) in [5, 5.41) is 14.5. The third-order valence-electron chi connectivity index (χ3n) is 3.48. The fraction of sp³-hybridized carbons (Fsp3) is 0.294. The minimum atomic E-state index is -0.343. The van der Waals surface area contributed by atoms with E-state index in [0.29, 0.717) is 5.69 Å². The summed E-state index contributed by atoms with van der Waals surface area (Å²) in [4.78, 5) is 10.8. The van der Waals surface area contributed by atoms with Gasteiger partial charge in [-0.2, -0.15) is 0 Å². The number of rotatable bonds is 7. The van der Waals surface area contributed by atoms with Crippen LogP contribution < -0.4 is 5.32 Å². The van der Waals surface area contributed by atoms with Crippen LogP contribution in [-0.4, -0.2) is 4.92 Å². The summed E-state index contributed by atoms with van der Waals surface area (Å²) in [6.07, 6.45) is 3.13. The molecule has 0 radical (unpaired) electrons. The Balaban J connectivity index is 2.25. The van der Waals surface area contributed by atoms with Crippen molar-refractivity contribution in [2.75, 3.05) is 5.32 Å². The van der Waals surface area contributed by atoms with E-state index in [9.17, 15) is 10.1 Å². The molecule has 0 heterocycles. The molecule has 1 unspecified atom stereocenters. The Kier molecular flexibility index (Phi) is 5.32. The minimum Gasteiger partial charge on any atom is -0.373 e. The van der Waals surface area contributed by atoms with E-state index in [4.69, 9.17) is 0 Å². The number of unbranched alkanes of at least 4 members (excludes halogenated alkanes) is 1. The molecule has 0 amide bonds. The lowest BCUT2D eigenvalue weighted by molar-refractivity contribution is -0.384. The lowest BCUT2D eigenvalue weighted by Crippen LogP contribution is -2.12. The Morgan fingerprint density at radius 3 is 2.43 bits per heavy atom. The molecule has 2 aromatic carbocycles. The normalized spacial score (nSPS) is 11.9. The number of benzene rings is 2. The first-order valence-electron chi connectivity index (χ1n) is 7.27. The monoisotopic (exact) mass is 284 g/mol. The number of nitrogens with zero attached hydrogens (tertiary/aromatic N) is 1. The van der Waals surface area contributed by atoms with Gasteiger partial charge in [0.1, 0.15) is 5.69 Å². The number of para-hydroxylation sites is 2. The Bertz CT molecular complexity index is 584. The molecule has 110 valence electrons. The molecule has 2 aromatic rings. The first-order chi connectivity index (χ1) is 10.2. The van der Waals surface area contributed by atoms with Crippen LogP contribution in [0.2, 0.25) is 0 Å². The van der Waals surface area contributed by atoms with Crippen molar-refractivity contribution in [2.45, 2.75) is 32.2 Å². The summed E-state index contributed by atoms with van der Waals surface area (Å²) in [6, 6.07) is 17.0. The molecule has 0 fully saturated rings. The average molecular weight is 284 g/mol. The Morgan fingerprint density at radius 1 is 1.10 bits per heavy atom. The van der Waals surface area contributed by atoms with E-state index in [-0.39, 0.29) is 16.7 Å². The second-order valence-corrected chi connectivity index (χ2v) is 5.02. The quantitative estimate of drug-likeness (QED) is 0.579. The highest BCUT2D eigenvalue weighted by Crippen LogP contribution is 2.30. The molecule has 4 heteroatoms. The highest BCUT2D eigenvalue weighted by Gasteiger charge is 2.17. The lowest BCUT2D eigenvalue weighted by Gasteiger charge is -2.20. The van der Waals surface area contributed by atoms with Gasteiger partial charge in [0.05, 0.1) is 11.0 Å². The van der Waals surface area contributed by atoms with Crippen LogP contribution in [0.15, 0.2) is 54.6 Å². The Hall–Kier alpha value is -2.36. The van der Waals surface area contributed by atoms with E-state index in [0.717, 1.165) is 24.8 Å². The van der Waals surface area contributed by atoms with Crippen molar-refractivity contribution in [3.05, 3.63) is 70.3 Å². The van der Waals surface area contributed by atoms with Crippen molar-refractivity contribution in [1.82, 2.24) is 0 Å². The van der Waals surface area contributed by atoms with E-state index in [1.165, 1.54) is 6.07 Å². The smallest absolute Gasteiger partial charge is 0.292 e. The van der Waals surface area contributed by atoms with E-state index in [1.54, 1.807) is 12.1 Å². The molecule has 0 aliphatic carbocycles. The number of nitro benzene ring substituents is 1. The fourth-order valence-corrected chi connectivity index (χ4v) is 2.36. The van der Waals surface area contributed by atoms with Crippen molar-refractivity contribution in [1.29, 1.82) is 0 Å². The predicted octanol–water partition coefficient (Wildman–Crippen LogP) is 4.94. The highest BCUT2D eigenvalue weighted by atomic mass is 16.6. The zero-order valence-corrected chi connectivity index (χ0v) is 12.2. The van der Waals surface area contributed by atoms with Crippen molar-refractivity contribution in [3.63, 3.8) is 0 Å². The Morgan fingerprint density at radius 2 is 1.76 bits per heavy atom. The number of nitrogens with one attached hydrogen (secondary N) is 1. The summed E-state index contributed by atoms with van der Waals surface area (Å²) in [5.41, 5.74) is 1.85. The van der Waals surface area contributed by atoms with Crippen molar-refractivity contribution < 1.29 is 4.92 Å². The van der Waals surface area contributed by atoms with Crippen LogP contribution in [0.4, 0.5) is 11.4 Å². The van der Waals surface area contributed by atoms with E-state index >= 15 is 0 Å². The number of hydrogen-bond donors (Lipinski definition) is 1. The van der Waals surface area contributed by atoms with Gasteiger partial charge in [0.25, 0.3) is 5.69 Å². The summed E-state index contributed by atoms with van der Waals surface area (Å²) in [6.45, 7) is 2.15. The molecule has 1 atom stereocenters. The number of anilines is 1. The molecule has 0 spiro atoms. The topological polar surface area (TPSA) is 55.2 Å². The van der Waals surface area contributed by atoms with Gasteiger partial charge in [0, 0.05) is 6.07 Å². The second-order valence-electron chi connectivity index (χ2n) is 5.02. The van der Waals surface area contributed by atoms with Crippen molar-refractivity contribution in [2.24, 2.45) is 0 Å². The molecular weight excluding hydrogens is 264 g/mol. The third-order valence-corrected chi connectivity index (χ3v) is 3.48. The number of nitro groups is 1. The second kappa shape index (κ2) is 7.43. The number of hydrogen-bond acceptors (Lipinski definition) is 3. The van der Waals surface area contributed by atoms with Crippen LogP contribution in [0.3, 0.4) is 0 Å².